The van der Waals surface area contributed by atoms with E-state index in [4.69, 9.17) is 4.42 Å². The Bertz CT molecular complexity index is 2890. The minimum Gasteiger partial charge on any atom is -0.456 e. The van der Waals surface area contributed by atoms with Crippen molar-refractivity contribution < 1.29 is 17.6 Å². The lowest BCUT2D eigenvalue weighted by Crippen LogP contribution is -2.07. The second-order valence-corrected chi connectivity index (χ2v) is 13.1. The van der Waals surface area contributed by atoms with Crippen molar-refractivity contribution in [1.82, 2.24) is 0 Å². The highest BCUT2D eigenvalue weighted by Crippen LogP contribution is 2.47. The van der Waals surface area contributed by atoms with Crippen LogP contribution in [0.3, 0.4) is 0 Å². The van der Waals surface area contributed by atoms with Gasteiger partial charge in [-0.05, 0) is 101 Å². The smallest absolute Gasteiger partial charge is 0.417 e. The van der Waals surface area contributed by atoms with Crippen molar-refractivity contribution in [2.45, 2.75) is 6.18 Å². The van der Waals surface area contributed by atoms with Crippen LogP contribution in [0.25, 0.3) is 98.4 Å². The maximum Gasteiger partial charge on any atom is 0.417 e. The molecule has 51 heavy (non-hydrogen) atoms. The zero-order chi connectivity index (χ0) is 34.3. The molecule has 0 spiro atoms. The Balaban J connectivity index is 1.20. The molecule has 0 atom stereocenters. The highest BCUT2D eigenvalue weighted by Gasteiger charge is 2.35. The molecule has 0 radical (unpaired) electrons. The van der Waals surface area contributed by atoms with Gasteiger partial charge in [-0.1, -0.05) is 140 Å². The van der Waals surface area contributed by atoms with E-state index in [-0.39, 0.29) is 10.8 Å². The van der Waals surface area contributed by atoms with E-state index in [2.05, 4.69) is 84.9 Å². The molecular formula is C47H27F3O. The fraction of sp³-hybridized carbons (Fsp3) is 0.0213. The molecule has 10 aromatic rings. The van der Waals surface area contributed by atoms with Crippen LogP contribution in [0.2, 0.25) is 0 Å². The van der Waals surface area contributed by atoms with E-state index in [0.29, 0.717) is 16.4 Å². The van der Waals surface area contributed by atoms with Gasteiger partial charge in [0.1, 0.15) is 11.2 Å². The molecule has 1 heterocycles. The Morgan fingerprint density at radius 2 is 0.725 bits per heavy atom. The van der Waals surface area contributed by atoms with Crippen LogP contribution in [0.5, 0.6) is 0 Å². The largest absolute Gasteiger partial charge is 0.456 e. The standard InChI is InChI=1S/C47H27F3O/c48-47(49,50)46-38-20-10-8-18-36(38)45(37-19-9-11-21-39(37)46)30-22-24-31-40-26-29(23-25-41(40)51-42(31)27-30)44-34-16-6-4-14-32(34)43(28-12-2-1-3-13-28)33-15-5-7-17-35(33)44/h1-27H. The van der Waals surface area contributed by atoms with E-state index in [9.17, 15) is 13.2 Å². The third kappa shape index (κ3) is 4.49. The van der Waals surface area contributed by atoms with Crippen molar-refractivity contribution in [3.8, 4) is 33.4 Å². The van der Waals surface area contributed by atoms with Crippen molar-refractivity contribution in [1.29, 1.82) is 0 Å². The summed E-state index contributed by atoms with van der Waals surface area (Å²) >= 11 is 0. The van der Waals surface area contributed by atoms with Crippen molar-refractivity contribution in [2.75, 3.05) is 0 Å². The van der Waals surface area contributed by atoms with E-state index in [1.165, 1.54) is 32.7 Å². The number of hydrogen-bond acceptors (Lipinski definition) is 1. The normalized spacial score (nSPS) is 12.2. The molecule has 0 aliphatic rings. The molecule has 1 aromatic heterocycles. The molecule has 9 aromatic carbocycles. The summed E-state index contributed by atoms with van der Waals surface area (Å²) in [5.41, 5.74) is 7.03. The van der Waals surface area contributed by atoms with Gasteiger partial charge in [-0.15, -0.1) is 0 Å². The van der Waals surface area contributed by atoms with Crippen LogP contribution in [-0.2, 0) is 6.18 Å². The molecule has 242 valence electrons. The Hall–Kier alpha value is -6.39. The first-order chi connectivity index (χ1) is 25.0. The Morgan fingerprint density at radius 1 is 0.314 bits per heavy atom. The van der Waals surface area contributed by atoms with Gasteiger partial charge in [-0.3, -0.25) is 0 Å². The first-order valence-corrected chi connectivity index (χ1v) is 16.9. The van der Waals surface area contributed by atoms with Gasteiger partial charge in [0.15, 0.2) is 0 Å². The van der Waals surface area contributed by atoms with E-state index >= 15 is 0 Å². The maximum absolute atomic E-state index is 14.5. The average molecular weight is 665 g/mol. The number of fused-ring (bicyclic) bond motifs is 7. The fourth-order valence-corrected chi connectivity index (χ4v) is 8.19. The van der Waals surface area contributed by atoms with E-state index < -0.39 is 11.7 Å². The van der Waals surface area contributed by atoms with Crippen LogP contribution in [0.4, 0.5) is 13.2 Å². The van der Waals surface area contributed by atoms with E-state index in [0.717, 1.165) is 38.6 Å². The molecule has 0 unspecified atom stereocenters. The lowest BCUT2D eigenvalue weighted by atomic mass is 9.85. The van der Waals surface area contributed by atoms with Gasteiger partial charge >= 0.3 is 6.18 Å². The SMILES string of the molecule is FC(F)(F)c1c2ccccc2c(-c2ccc3c(c2)oc2ccc(-c4c5ccccc5c(-c5ccccc5)c5ccccc45)cc23)c2ccccc12. The fourth-order valence-electron chi connectivity index (χ4n) is 8.19. The van der Waals surface area contributed by atoms with Crippen molar-refractivity contribution >= 4 is 65.0 Å². The van der Waals surface area contributed by atoms with Gasteiger partial charge in [-0.2, -0.15) is 13.2 Å². The van der Waals surface area contributed by atoms with Gasteiger partial charge < -0.3 is 4.42 Å². The predicted molar refractivity (Wildman–Crippen MR) is 205 cm³/mol. The van der Waals surface area contributed by atoms with Crippen LogP contribution in [0.15, 0.2) is 168 Å². The number of hydrogen-bond donors (Lipinski definition) is 0. The molecule has 0 aliphatic heterocycles. The highest BCUT2D eigenvalue weighted by molar-refractivity contribution is 6.22. The van der Waals surface area contributed by atoms with Crippen LogP contribution >= 0.6 is 0 Å². The molecule has 10 rings (SSSR count). The zero-order valence-electron chi connectivity index (χ0n) is 27.1. The maximum atomic E-state index is 14.5. The topological polar surface area (TPSA) is 13.1 Å². The molecule has 0 aliphatic carbocycles. The number of halogens is 3. The number of furan rings is 1. The van der Waals surface area contributed by atoms with Crippen molar-refractivity contribution in [3.63, 3.8) is 0 Å². The average Bonchev–Trinajstić information content (AvgIpc) is 3.52. The molecule has 0 fully saturated rings. The van der Waals surface area contributed by atoms with E-state index in [1.54, 1.807) is 48.5 Å². The summed E-state index contributed by atoms with van der Waals surface area (Å²) in [7, 11) is 0. The summed E-state index contributed by atoms with van der Waals surface area (Å²) in [4.78, 5) is 0. The minimum absolute atomic E-state index is 0.186. The van der Waals surface area contributed by atoms with Crippen LogP contribution < -0.4 is 0 Å². The summed E-state index contributed by atoms with van der Waals surface area (Å²) in [5.74, 6) is 0. The van der Waals surface area contributed by atoms with Gasteiger partial charge in [0.25, 0.3) is 0 Å². The molecule has 0 saturated carbocycles. The second kappa shape index (κ2) is 11.1. The summed E-state index contributed by atoms with van der Waals surface area (Å²) in [6.45, 7) is 0. The van der Waals surface area contributed by atoms with Gasteiger partial charge in [-0.25, -0.2) is 0 Å². The summed E-state index contributed by atoms with van der Waals surface area (Å²) < 4.78 is 50.0. The Labute approximate surface area is 290 Å². The van der Waals surface area contributed by atoms with Crippen molar-refractivity contribution in [2.24, 2.45) is 0 Å². The summed E-state index contributed by atoms with van der Waals surface area (Å²) in [6, 6.07) is 53.7. The molecular weight excluding hydrogens is 638 g/mol. The van der Waals surface area contributed by atoms with Gasteiger partial charge in [0, 0.05) is 10.8 Å². The minimum atomic E-state index is -4.50. The molecule has 0 amide bonds. The molecule has 4 heteroatoms. The number of benzene rings is 9. The predicted octanol–water partition coefficient (Wildman–Crippen LogP) is 14.2. The Kier molecular flexibility index (Phi) is 6.40. The zero-order valence-corrected chi connectivity index (χ0v) is 27.1. The number of rotatable bonds is 3. The number of alkyl halides is 3. The highest BCUT2D eigenvalue weighted by atomic mass is 19.4. The van der Waals surface area contributed by atoms with Crippen LogP contribution in [0.1, 0.15) is 5.56 Å². The first kappa shape index (κ1) is 29.5. The first-order valence-electron chi connectivity index (χ1n) is 16.9. The molecule has 0 bridgehead atoms. The van der Waals surface area contributed by atoms with E-state index in [1.807, 2.05) is 30.3 Å². The van der Waals surface area contributed by atoms with Crippen molar-refractivity contribution in [3.05, 3.63) is 169 Å². The molecule has 0 N–H and O–H groups in total. The van der Waals surface area contributed by atoms with Crippen LogP contribution in [-0.4, -0.2) is 0 Å². The monoisotopic (exact) mass is 664 g/mol. The lowest BCUT2D eigenvalue weighted by molar-refractivity contribution is -0.135. The quantitative estimate of drug-likeness (QED) is 0.171. The Morgan fingerprint density at radius 3 is 1.24 bits per heavy atom. The third-order valence-electron chi connectivity index (χ3n) is 10.3. The third-order valence-corrected chi connectivity index (χ3v) is 10.3. The van der Waals surface area contributed by atoms with Gasteiger partial charge in [0.2, 0.25) is 0 Å². The van der Waals surface area contributed by atoms with Gasteiger partial charge in [0.05, 0.1) is 5.56 Å². The molecule has 0 saturated heterocycles. The summed E-state index contributed by atoms with van der Waals surface area (Å²) in [5, 5.41) is 8.14. The summed E-state index contributed by atoms with van der Waals surface area (Å²) in [6.07, 6.45) is -4.50. The van der Waals surface area contributed by atoms with Crippen LogP contribution in [0, 0.1) is 0 Å². The molecule has 1 nitrogen and oxygen atoms in total. The lowest BCUT2D eigenvalue weighted by Gasteiger charge is -2.18. The second-order valence-electron chi connectivity index (χ2n) is 13.1.